The van der Waals surface area contributed by atoms with Gasteiger partial charge in [0, 0.05) is 48.6 Å². The first-order valence-corrected chi connectivity index (χ1v) is 9.67. The van der Waals surface area contributed by atoms with Gasteiger partial charge in [-0.05, 0) is 40.2 Å². The van der Waals surface area contributed by atoms with Gasteiger partial charge in [0.2, 0.25) is 10.0 Å². The number of piperazine rings is 1. The third-order valence-corrected chi connectivity index (χ3v) is 6.82. The van der Waals surface area contributed by atoms with Crippen molar-refractivity contribution >= 4 is 31.9 Å². The zero-order valence-corrected chi connectivity index (χ0v) is 15.2. The van der Waals surface area contributed by atoms with Crippen molar-refractivity contribution in [3.8, 4) is 0 Å². The summed E-state index contributed by atoms with van der Waals surface area (Å²) in [7, 11) is -3.57. The maximum atomic E-state index is 12.7. The molecule has 0 unspecified atom stereocenters. The van der Waals surface area contributed by atoms with Gasteiger partial charge in [-0.25, -0.2) is 8.42 Å². The quantitative estimate of drug-likeness (QED) is 0.776. The minimum absolute atomic E-state index is 0.102. The summed E-state index contributed by atoms with van der Waals surface area (Å²) in [6, 6.07) is 10.1. The zero-order chi connectivity index (χ0) is 17.2. The highest BCUT2D eigenvalue weighted by Gasteiger charge is 2.31. The number of carbonyl (C=O) groups is 1. The normalized spacial score (nSPS) is 16.1. The van der Waals surface area contributed by atoms with Crippen LogP contribution in [0, 0.1) is 0 Å². The summed E-state index contributed by atoms with van der Waals surface area (Å²) in [6.45, 7) is 1.29. The molecular weight excluding hydrogens is 394 g/mol. The van der Waals surface area contributed by atoms with Gasteiger partial charge in [-0.3, -0.25) is 9.78 Å². The Morgan fingerprint density at radius 3 is 2.25 bits per heavy atom. The molecule has 0 spiro atoms. The fourth-order valence-corrected chi connectivity index (χ4v) is 4.99. The second-order valence-corrected chi connectivity index (χ2v) is 8.12. The van der Waals surface area contributed by atoms with Crippen LogP contribution in [0.15, 0.2) is 58.2 Å². The van der Waals surface area contributed by atoms with E-state index in [4.69, 9.17) is 0 Å². The Bertz CT molecular complexity index is 835. The van der Waals surface area contributed by atoms with Gasteiger partial charge in [-0.1, -0.05) is 12.1 Å². The number of pyridine rings is 1. The number of halogens is 1. The predicted octanol–water partition coefficient (Wildman–Crippen LogP) is 1.99. The van der Waals surface area contributed by atoms with Crippen molar-refractivity contribution < 1.29 is 13.2 Å². The topological polar surface area (TPSA) is 70.6 Å². The van der Waals surface area contributed by atoms with E-state index in [9.17, 15) is 13.2 Å². The van der Waals surface area contributed by atoms with Gasteiger partial charge in [-0.15, -0.1) is 0 Å². The first-order chi connectivity index (χ1) is 11.5. The summed E-state index contributed by atoms with van der Waals surface area (Å²) in [5, 5.41) is 0. The summed E-state index contributed by atoms with van der Waals surface area (Å²) in [6.07, 6.45) is 3.14. The number of hydrogen-bond donors (Lipinski definition) is 0. The van der Waals surface area contributed by atoms with Gasteiger partial charge in [0.25, 0.3) is 5.91 Å². The maximum absolute atomic E-state index is 12.7. The van der Waals surface area contributed by atoms with Crippen molar-refractivity contribution in [2.24, 2.45) is 0 Å². The first-order valence-electron chi connectivity index (χ1n) is 7.44. The van der Waals surface area contributed by atoms with Crippen molar-refractivity contribution in [1.29, 1.82) is 0 Å². The van der Waals surface area contributed by atoms with Crippen LogP contribution in [-0.2, 0) is 10.0 Å². The molecule has 0 aliphatic carbocycles. The Morgan fingerprint density at radius 2 is 1.62 bits per heavy atom. The number of nitrogens with zero attached hydrogens (tertiary/aromatic N) is 3. The Kier molecular flexibility index (Phi) is 4.98. The summed E-state index contributed by atoms with van der Waals surface area (Å²) >= 11 is 3.29. The van der Waals surface area contributed by atoms with E-state index < -0.39 is 10.0 Å². The second kappa shape index (κ2) is 7.00. The van der Waals surface area contributed by atoms with Crippen LogP contribution in [0.25, 0.3) is 0 Å². The Morgan fingerprint density at radius 1 is 1.00 bits per heavy atom. The molecule has 1 amide bonds. The van der Waals surface area contributed by atoms with Crippen LogP contribution >= 0.6 is 15.9 Å². The van der Waals surface area contributed by atoms with Crippen molar-refractivity contribution in [3.63, 3.8) is 0 Å². The molecule has 0 saturated carbocycles. The number of carbonyl (C=O) groups excluding carboxylic acids is 1. The molecule has 1 aliphatic rings. The highest BCUT2D eigenvalue weighted by molar-refractivity contribution is 9.10. The third kappa shape index (κ3) is 3.35. The maximum Gasteiger partial charge on any atom is 0.254 e. The molecule has 8 heteroatoms. The fourth-order valence-electron chi connectivity index (χ4n) is 2.60. The minimum atomic E-state index is -3.57. The van der Waals surface area contributed by atoms with Crippen LogP contribution in [0.2, 0.25) is 0 Å². The number of aromatic nitrogens is 1. The van der Waals surface area contributed by atoms with E-state index in [1.165, 1.54) is 4.31 Å². The van der Waals surface area contributed by atoms with Gasteiger partial charge in [0.05, 0.1) is 4.90 Å². The molecule has 1 saturated heterocycles. The van der Waals surface area contributed by atoms with E-state index in [1.807, 2.05) is 0 Å². The molecule has 0 radical (unpaired) electrons. The van der Waals surface area contributed by atoms with Gasteiger partial charge in [0.15, 0.2) is 0 Å². The number of sulfonamides is 1. The van der Waals surface area contributed by atoms with E-state index in [-0.39, 0.29) is 23.9 Å². The predicted molar refractivity (Wildman–Crippen MR) is 93.0 cm³/mol. The van der Waals surface area contributed by atoms with E-state index in [1.54, 1.807) is 53.7 Å². The Labute approximate surface area is 149 Å². The number of hydrogen-bond acceptors (Lipinski definition) is 4. The average Bonchev–Trinajstić information content (AvgIpc) is 2.62. The van der Waals surface area contributed by atoms with Crippen LogP contribution in [0.3, 0.4) is 0 Å². The minimum Gasteiger partial charge on any atom is -0.336 e. The van der Waals surface area contributed by atoms with E-state index >= 15 is 0 Å². The molecule has 0 atom stereocenters. The lowest BCUT2D eigenvalue weighted by Gasteiger charge is -2.34. The van der Waals surface area contributed by atoms with Gasteiger partial charge < -0.3 is 4.90 Å². The molecule has 2 aromatic rings. The van der Waals surface area contributed by atoms with Crippen LogP contribution in [0.4, 0.5) is 0 Å². The summed E-state index contributed by atoms with van der Waals surface area (Å²) in [5.41, 5.74) is 0.562. The molecule has 0 N–H and O–H groups in total. The van der Waals surface area contributed by atoms with Gasteiger partial charge in [-0.2, -0.15) is 4.31 Å². The number of rotatable bonds is 3. The van der Waals surface area contributed by atoms with E-state index in [0.29, 0.717) is 23.1 Å². The molecule has 1 fully saturated rings. The fraction of sp³-hybridized carbons (Fsp3) is 0.250. The summed E-state index contributed by atoms with van der Waals surface area (Å²) in [5.74, 6) is -0.102. The van der Waals surface area contributed by atoms with E-state index in [2.05, 4.69) is 20.9 Å². The zero-order valence-electron chi connectivity index (χ0n) is 12.8. The molecule has 126 valence electrons. The molecule has 6 nitrogen and oxygen atoms in total. The van der Waals surface area contributed by atoms with Gasteiger partial charge >= 0.3 is 0 Å². The van der Waals surface area contributed by atoms with Gasteiger partial charge in [0.1, 0.15) is 0 Å². The van der Waals surface area contributed by atoms with Crippen molar-refractivity contribution in [2.45, 2.75) is 4.90 Å². The standard InChI is InChI=1S/C16H16BrN3O3S/c17-14-3-1-2-4-15(14)24(22,23)20-11-9-19(10-12-20)16(21)13-5-7-18-8-6-13/h1-8H,9-12H2. The Hall–Kier alpha value is -1.77. The largest absolute Gasteiger partial charge is 0.336 e. The lowest BCUT2D eigenvalue weighted by Crippen LogP contribution is -2.50. The van der Waals surface area contributed by atoms with Crippen LogP contribution in [-0.4, -0.2) is 54.7 Å². The molecule has 1 aromatic carbocycles. The van der Waals surface area contributed by atoms with E-state index in [0.717, 1.165) is 0 Å². The van der Waals surface area contributed by atoms with Crippen molar-refractivity contribution in [3.05, 3.63) is 58.8 Å². The Balaban J connectivity index is 1.71. The van der Waals surface area contributed by atoms with Crippen molar-refractivity contribution in [1.82, 2.24) is 14.2 Å². The third-order valence-electron chi connectivity index (χ3n) is 3.91. The molecule has 3 rings (SSSR count). The second-order valence-electron chi connectivity index (χ2n) is 5.36. The highest BCUT2D eigenvalue weighted by atomic mass is 79.9. The lowest BCUT2D eigenvalue weighted by atomic mass is 10.2. The first kappa shape index (κ1) is 17.1. The number of benzene rings is 1. The SMILES string of the molecule is O=C(c1ccncc1)N1CCN(S(=O)(=O)c2ccccc2Br)CC1. The highest BCUT2D eigenvalue weighted by Crippen LogP contribution is 2.25. The number of amides is 1. The molecular formula is C16H16BrN3O3S. The lowest BCUT2D eigenvalue weighted by molar-refractivity contribution is 0.0697. The summed E-state index contributed by atoms with van der Waals surface area (Å²) in [4.78, 5) is 18.2. The molecule has 2 heterocycles. The molecule has 24 heavy (non-hydrogen) atoms. The van der Waals surface area contributed by atoms with Crippen LogP contribution in [0.5, 0.6) is 0 Å². The molecule has 1 aliphatic heterocycles. The van der Waals surface area contributed by atoms with Crippen LogP contribution < -0.4 is 0 Å². The molecule has 0 bridgehead atoms. The van der Waals surface area contributed by atoms with Crippen LogP contribution in [0.1, 0.15) is 10.4 Å². The molecule has 1 aromatic heterocycles. The van der Waals surface area contributed by atoms with Crippen molar-refractivity contribution in [2.75, 3.05) is 26.2 Å². The summed E-state index contributed by atoms with van der Waals surface area (Å²) < 4.78 is 27.4. The average molecular weight is 410 g/mol. The smallest absolute Gasteiger partial charge is 0.254 e. The monoisotopic (exact) mass is 409 g/mol.